The van der Waals surface area contributed by atoms with Crippen LogP contribution >= 0.6 is 0 Å². The van der Waals surface area contributed by atoms with Gasteiger partial charge in [-0.2, -0.15) is 0 Å². The second kappa shape index (κ2) is 9.49. The van der Waals surface area contributed by atoms with Crippen LogP contribution in [0.25, 0.3) is 11.6 Å². The first kappa shape index (κ1) is 21.3. The van der Waals surface area contributed by atoms with Crippen LogP contribution in [0.2, 0.25) is 0 Å². The predicted octanol–water partition coefficient (Wildman–Crippen LogP) is 3.94. The molecular formula is C26H24N2O4. The van der Waals surface area contributed by atoms with Crippen LogP contribution in [0.15, 0.2) is 72.8 Å². The molecule has 2 amide bonds. The van der Waals surface area contributed by atoms with Gasteiger partial charge in [-0.15, -0.1) is 0 Å². The molecule has 0 bridgehead atoms. The zero-order chi connectivity index (χ0) is 22.5. The third-order valence-electron chi connectivity index (χ3n) is 5.61. The van der Waals surface area contributed by atoms with E-state index in [0.29, 0.717) is 30.6 Å². The third kappa shape index (κ3) is 4.55. The Balaban J connectivity index is 1.67. The number of hydrogen-bond acceptors (Lipinski definition) is 4. The molecule has 0 saturated heterocycles. The maximum atomic E-state index is 13.6. The maximum absolute atomic E-state index is 13.6. The Kier molecular flexibility index (Phi) is 6.33. The van der Waals surface area contributed by atoms with E-state index >= 15 is 0 Å². The van der Waals surface area contributed by atoms with Crippen molar-refractivity contribution in [3.05, 3.63) is 101 Å². The quantitative estimate of drug-likeness (QED) is 0.279. The third-order valence-corrected chi connectivity index (χ3v) is 5.61. The van der Waals surface area contributed by atoms with Crippen molar-refractivity contribution in [3.8, 4) is 5.75 Å². The molecule has 0 aliphatic carbocycles. The lowest BCUT2D eigenvalue weighted by molar-refractivity contribution is -0.125. The smallest absolute Gasteiger partial charge is 0.274 e. The molecule has 6 nitrogen and oxygen atoms in total. The number of amides is 2. The highest BCUT2D eigenvalue weighted by atomic mass is 16.5. The molecule has 0 radical (unpaired) electrons. The van der Waals surface area contributed by atoms with Gasteiger partial charge < -0.3 is 9.64 Å². The molecule has 162 valence electrons. The van der Waals surface area contributed by atoms with Gasteiger partial charge in [-0.05, 0) is 59.0 Å². The molecule has 1 heterocycles. The van der Waals surface area contributed by atoms with Gasteiger partial charge in [0.05, 0.1) is 7.11 Å². The number of nitrogens with one attached hydrogen (secondary N) is 1. The van der Waals surface area contributed by atoms with E-state index < -0.39 is 5.91 Å². The Morgan fingerprint density at radius 1 is 0.969 bits per heavy atom. The topological polar surface area (TPSA) is 78.9 Å². The van der Waals surface area contributed by atoms with Gasteiger partial charge in [0.25, 0.3) is 11.8 Å². The molecule has 32 heavy (non-hydrogen) atoms. The van der Waals surface area contributed by atoms with Crippen molar-refractivity contribution < 1.29 is 19.5 Å². The minimum absolute atomic E-state index is 0.0818. The van der Waals surface area contributed by atoms with Crippen LogP contribution in [0.3, 0.4) is 0 Å². The number of hydrogen-bond donors (Lipinski definition) is 2. The van der Waals surface area contributed by atoms with Crippen LogP contribution in [-0.4, -0.2) is 35.6 Å². The molecule has 4 rings (SSSR count). The summed E-state index contributed by atoms with van der Waals surface area (Å²) in [6.45, 7) is 0.975. The number of carbonyl (C=O) groups is 2. The molecule has 0 spiro atoms. The normalized spacial score (nSPS) is 13.3. The van der Waals surface area contributed by atoms with Crippen molar-refractivity contribution in [3.63, 3.8) is 0 Å². The summed E-state index contributed by atoms with van der Waals surface area (Å²) in [5, 5.41) is 8.93. The Bertz CT molecular complexity index is 1150. The lowest BCUT2D eigenvalue weighted by atomic mass is 9.95. The van der Waals surface area contributed by atoms with E-state index in [1.165, 1.54) is 0 Å². The van der Waals surface area contributed by atoms with E-state index in [0.717, 1.165) is 28.0 Å². The van der Waals surface area contributed by atoms with Crippen LogP contribution in [0, 0.1) is 0 Å². The monoisotopic (exact) mass is 428 g/mol. The summed E-state index contributed by atoms with van der Waals surface area (Å²) >= 11 is 0. The zero-order valence-corrected chi connectivity index (χ0v) is 17.7. The molecule has 2 N–H and O–H groups in total. The summed E-state index contributed by atoms with van der Waals surface area (Å²) in [5.41, 5.74) is 6.35. The van der Waals surface area contributed by atoms with Gasteiger partial charge in [-0.3, -0.25) is 14.8 Å². The molecule has 0 saturated carbocycles. The second-order valence-corrected chi connectivity index (χ2v) is 7.60. The average Bonchev–Trinajstić information content (AvgIpc) is 2.86. The Morgan fingerprint density at radius 3 is 2.38 bits per heavy atom. The lowest BCUT2D eigenvalue weighted by Gasteiger charge is -2.30. The molecule has 0 atom stereocenters. The van der Waals surface area contributed by atoms with Crippen molar-refractivity contribution in [2.45, 2.75) is 13.0 Å². The van der Waals surface area contributed by atoms with Crippen LogP contribution in [0.4, 0.5) is 0 Å². The summed E-state index contributed by atoms with van der Waals surface area (Å²) < 4.78 is 5.26. The molecule has 1 aliphatic rings. The number of benzene rings is 3. The van der Waals surface area contributed by atoms with E-state index in [1.54, 1.807) is 29.6 Å². The lowest BCUT2D eigenvalue weighted by Crippen LogP contribution is -2.36. The number of nitrogens with zero attached hydrogens (tertiary/aromatic N) is 1. The fourth-order valence-electron chi connectivity index (χ4n) is 3.86. The standard InChI is InChI=1S/C26H24N2O4/c1-32-23-11-9-20(10-12-23)24(15-18-5-3-2-4-6-18)26(30)28-14-13-19-7-8-21(25(29)27-31)16-22(19)17-28/h2-12,15-16,31H,13-14,17H2,1H3,(H,27,29). The first-order valence-electron chi connectivity index (χ1n) is 10.4. The fraction of sp³-hybridized carbons (Fsp3) is 0.154. The van der Waals surface area contributed by atoms with Crippen molar-refractivity contribution in [2.24, 2.45) is 0 Å². The Labute approximate surface area is 186 Å². The van der Waals surface area contributed by atoms with Crippen LogP contribution < -0.4 is 10.2 Å². The van der Waals surface area contributed by atoms with Crippen molar-refractivity contribution in [1.82, 2.24) is 10.4 Å². The number of rotatable bonds is 5. The first-order chi connectivity index (χ1) is 15.6. The van der Waals surface area contributed by atoms with E-state index in [2.05, 4.69) is 0 Å². The molecule has 3 aromatic carbocycles. The van der Waals surface area contributed by atoms with E-state index in [-0.39, 0.29) is 5.91 Å². The summed E-state index contributed by atoms with van der Waals surface area (Å²) in [5.74, 6) is 0.0719. The molecular weight excluding hydrogens is 404 g/mol. The van der Waals surface area contributed by atoms with E-state index in [9.17, 15) is 9.59 Å². The highest BCUT2D eigenvalue weighted by Crippen LogP contribution is 2.27. The molecule has 3 aromatic rings. The summed E-state index contributed by atoms with van der Waals surface area (Å²) in [6.07, 6.45) is 2.60. The van der Waals surface area contributed by atoms with Gasteiger partial charge in [0.1, 0.15) is 5.75 Å². The van der Waals surface area contributed by atoms with E-state index in [4.69, 9.17) is 9.94 Å². The zero-order valence-electron chi connectivity index (χ0n) is 17.7. The number of ether oxygens (including phenoxy) is 1. The summed E-state index contributed by atoms with van der Waals surface area (Å²) in [4.78, 5) is 27.2. The average molecular weight is 428 g/mol. The fourth-order valence-corrected chi connectivity index (χ4v) is 3.86. The predicted molar refractivity (Wildman–Crippen MR) is 122 cm³/mol. The molecule has 1 aliphatic heterocycles. The Hall–Kier alpha value is -3.90. The first-order valence-corrected chi connectivity index (χ1v) is 10.4. The van der Waals surface area contributed by atoms with Gasteiger partial charge in [-0.25, -0.2) is 5.48 Å². The van der Waals surface area contributed by atoms with Gasteiger partial charge in [0, 0.05) is 24.2 Å². The minimum Gasteiger partial charge on any atom is -0.497 e. The van der Waals surface area contributed by atoms with E-state index in [1.807, 2.05) is 66.7 Å². The van der Waals surface area contributed by atoms with Crippen LogP contribution in [-0.2, 0) is 17.8 Å². The number of methoxy groups -OCH3 is 1. The number of fused-ring (bicyclic) bond motifs is 1. The molecule has 0 aromatic heterocycles. The van der Waals surface area contributed by atoms with Crippen LogP contribution in [0.1, 0.15) is 32.6 Å². The SMILES string of the molecule is COc1ccc(C(=Cc2ccccc2)C(=O)N2CCc3ccc(C(=O)NO)cc3C2)cc1. The minimum atomic E-state index is -0.570. The van der Waals surface area contributed by atoms with Crippen molar-refractivity contribution in [1.29, 1.82) is 0 Å². The molecule has 0 unspecified atom stereocenters. The van der Waals surface area contributed by atoms with Gasteiger partial charge >= 0.3 is 0 Å². The maximum Gasteiger partial charge on any atom is 0.274 e. The molecule has 6 heteroatoms. The Morgan fingerprint density at radius 2 is 1.69 bits per heavy atom. The number of carbonyl (C=O) groups excluding carboxylic acids is 2. The van der Waals surface area contributed by atoms with Gasteiger partial charge in [-0.1, -0.05) is 48.5 Å². The van der Waals surface area contributed by atoms with Gasteiger partial charge in [0.15, 0.2) is 0 Å². The summed E-state index contributed by atoms with van der Waals surface area (Å²) in [7, 11) is 1.61. The van der Waals surface area contributed by atoms with Crippen molar-refractivity contribution >= 4 is 23.5 Å². The summed E-state index contributed by atoms with van der Waals surface area (Å²) in [6, 6.07) is 22.5. The molecule has 0 fully saturated rings. The van der Waals surface area contributed by atoms with Crippen molar-refractivity contribution in [2.75, 3.05) is 13.7 Å². The van der Waals surface area contributed by atoms with Crippen LogP contribution in [0.5, 0.6) is 5.75 Å². The largest absolute Gasteiger partial charge is 0.497 e. The number of hydroxylamine groups is 1. The highest BCUT2D eigenvalue weighted by molar-refractivity contribution is 6.24. The highest BCUT2D eigenvalue weighted by Gasteiger charge is 2.25. The van der Waals surface area contributed by atoms with Gasteiger partial charge in [0.2, 0.25) is 0 Å². The second-order valence-electron chi connectivity index (χ2n) is 7.60.